The summed E-state index contributed by atoms with van der Waals surface area (Å²) in [5.41, 5.74) is 3.52. The summed E-state index contributed by atoms with van der Waals surface area (Å²) in [6, 6.07) is 20.1. The summed E-state index contributed by atoms with van der Waals surface area (Å²) in [7, 11) is 0.626. The molecule has 0 spiro atoms. The van der Waals surface area contributed by atoms with Crippen molar-refractivity contribution in [2.75, 3.05) is 13.7 Å². The van der Waals surface area contributed by atoms with Gasteiger partial charge in [-0.25, -0.2) is 0 Å². The minimum absolute atomic E-state index is 0.561. The third-order valence-corrected chi connectivity index (χ3v) is 6.10. The van der Waals surface area contributed by atoms with Crippen molar-refractivity contribution in [3.8, 4) is 17.0 Å². The third kappa shape index (κ3) is 4.33. The van der Waals surface area contributed by atoms with Crippen molar-refractivity contribution in [3.63, 3.8) is 0 Å². The highest BCUT2D eigenvalue weighted by molar-refractivity contribution is 6.76. The smallest absolute Gasteiger partial charge is 0.123 e. The van der Waals surface area contributed by atoms with Crippen LogP contribution in [0.3, 0.4) is 0 Å². The van der Waals surface area contributed by atoms with Crippen LogP contribution in [-0.4, -0.2) is 26.4 Å². The van der Waals surface area contributed by atoms with Gasteiger partial charge in [-0.2, -0.15) is 0 Å². The lowest BCUT2D eigenvalue weighted by Crippen LogP contribution is -2.22. The summed E-state index contributed by atoms with van der Waals surface area (Å²) in [6.07, 6.45) is 0. The molecule has 3 aromatic rings. The standard InChI is InChI=1S/C21H27NO2Si/c1-23-19-11-10-18-14-20(17-8-6-5-7-9-17)22(21(18)15-19)16-24-12-13-25(2,3)4/h5-11,14-15H,12-13,16H2,1-4H3. The molecule has 0 atom stereocenters. The zero-order chi connectivity index (χ0) is 17.9. The van der Waals surface area contributed by atoms with E-state index >= 15 is 0 Å². The second-order valence-electron chi connectivity index (χ2n) is 7.60. The predicted molar refractivity (Wildman–Crippen MR) is 108 cm³/mol. The van der Waals surface area contributed by atoms with Gasteiger partial charge in [0.05, 0.1) is 18.3 Å². The molecule has 1 aromatic heterocycles. The number of benzene rings is 2. The van der Waals surface area contributed by atoms with Gasteiger partial charge >= 0.3 is 0 Å². The molecule has 1 heterocycles. The molecule has 2 aromatic carbocycles. The van der Waals surface area contributed by atoms with E-state index in [1.807, 2.05) is 12.1 Å². The van der Waals surface area contributed by atoms with Gasteiger partial charge in [-0.1, -0.05) is 50.0 Å². The topological polar surface area (TPSA) is 23.4 Å². The first kappa shape index (κ1) is 17.8. The summed E-state index contributed by atoms with van der Waals surface area (Å²) in [6.45, 7) is 8.50. The third-order valence-electron chi connectivity index (χ3n) is 4.40. The number of hydrogen-bond donors (Lipinski definition) is 0. The number of rotatable bonds is 7. The fourth-order valence-corrected chi connectivity index (χ4v) is 3.64. The number of fused-ring (bicyclic) bond motifs is 1. The first-order chi connectivity index (χ1) is 12.0. The Morgan fingerprint density at radius 2 is 1.72 bits per heavy atom. The molecule has 0 aliphatic heterocycles. The Kier molecular flexibility index (Phi) is 5.30. The van der Waals surface area contributed by atoms with E-state index in [4.69, 9.17) is 9.47 Å². The van der Waals surface area contributed by atoms with Crippen LogP contribution in [0.5, 0.6) is 5.75 Å². The average Bonchev–Trinajstić information content (AvgIpc) is 2.96. The van der Waals surface area contributed by atoms with Gasteiger partial charge in [0.15, 0.2) is 0 Å². The van der Waals surface area contributed by atoms with E-state index in [1.165, 1.54) is 22.7 Å². The van der Waals surface area contributed by atoms with Crippen molar-refractivity contribution < 1.29 is 9.47 Å². The second kappa shape index (κ2) is 7.46. The van der Waals surface area contributed by atoms with E-state index in [9.17, 15) is 0 Å². The molecule has 0 N–H and O–H groups in total. The summed E-state index contributed by atoms with van der Waals surface area (Å²) in [4.78, 5) is 0. The van der Waals surface area contributed by atoms with Crippen molar-refractivity contribution in [1.82, 2.24) is 4.57 Å². The molecule has 0 aliphatic rings. The minimum Gasteiger partial charge on any atom is -0.497 e. The van der Waals surface area contributed by atoms with Gasteiger partial charge in [0.1, 0.15) is 12.5 Å². The first-order valence-electron chi connectivity index (χ1n) is 8.78. The zero-order valence-electron chi connectivity index (χ0n) is 15.6. The Balaban J connectivity index is 1.94. The lowest BCUT2D eigenvalue weighted by atomic mass is 10.1. The highest BCUT2D eigenvalue weighted by atomic mass is 28.3. The highest BCUT2D eigenvalue weighted by Crippen LogP contribution is 2.30. The average molecular weight is 354 g/mol. The van der Waals surface area contributed by atoms with E-state index in [-0.39, 0.29) is 0 Å². The van der Waals surface area contributed by atoms with Crippen LogP contribution < -0.4 is 4.74 Å². The summed E-state index contributed by atoms with van der Waals surface area (Å²) in [5, 5.41) is 1.20. The fourth-order valence-electron chi connectivity index (χ4n) is 2.88. The fraction of sp³-hybridized carbons (Fsp3) is 0.333. The van der Waals surface area contributed by atoms with E-state index in [2.05, 4.69) is 66.7 Å². The Hall–Kier alpha value is -2.04. The molecule has 0 amide bonds. The summed E-state index contributed by atoms with van der Waals surface area (Å²) >= 11 is 0. The summed E-state index contributed by atoms with van der Waals surface area (Å²) < 4.78 is 13.7. The van der Waals surface area contributed by atoms with Crippen molar-refractivity contribution >= 4 is 19.0 Å². The number of methoxy groups -OCH3 is 1. The number of ether oxygens (including phenoxy) is 2. The van der Waals surface area contributed by atoms with Crippen LogP contribution >= 0.6 is 0 Å². The van der Waals surface area contributed by atoms with Crippen LogP contribution in [0.25, 0.3) is 22.2 Å². The van der Waals surface area contributed by atoms with Crippen molar-refractivity contribution in [1.29, 1.82) is 0 Å². The predicted octanol–water partition coefficient (Wildman–Crippen LogP) is 5.63. The van der Waals surface area contributed by atoms with Crippen molar-refractivity contribution in [2.45, 2.75) is 32.4 Å². The van der Waals surface area contributed by atoms with E-state index in [0.717, 1.165) is 17.9 Å². The van der Waals surface area contributed by atoms with Gasteiger partial charge < -0.3 is 14.0 Å². The molecule has 0 bridgehead atoms. The monoisotopic (exact) mass is 353 g/mol. The van der Waals surface area contributed by atoms with Gasteiger partial charge in [0.2, 0.25) is 0 Å². The number of hydrogen-bond acceptors (Lipinski definition) is 2. The SMILES string of the molecule is COc1ccc2cc(-c3ccccc3)n(COCC[Si](C)(C)C)c2c1. The maximum atomic E-state index is 6.05. The van der Waals surface area contributed by atoms with Crippen molar-refractivity contribution in [3.05, 3.63) is 54.6 Å². The van der Waals surface area contributed by atoms with Crippen LogP contribution in [0, 0.1) is 0 Å². The zero-order valence-corrected chi connectivity index (χ0v) is 16.6. The maximum Gasteiger partial charge on any atom is 0.123 e. The molecule has 0 saturated heterocycles. The lowest BCUT2D eigenvalue weighted by Gasteiger charge is -2.17. The van der Waals surface area contributed by atoms with Gasteiger partial charge in [-0.15, -0.1) is 0 Å². The van der Waals surface area contributed by atoms with E-state index in [1.54, 1.807) is 7.11 Å². The Labute approximate surface area is 151 Å². The highest BCUT2D eigenvalue weighted by Gasteiger charge is 2.14. The Morgan fingerprint density at radius 3 is 2.40 bits per heavy atom. The van der Waals surface area contributed by atoms with Gasteiger partial charge in [0.25, 0.3) is 0 Å². The Bertz CT molecular complexity index is 834. The molecule has 3 nitrogen and oxygen atoms in total. The molecular formula is C21H27NO2Si. The molecule has 25 heavy (non-hydrogen) atoms. The second-order valence-corrected chi connectivity index (χ2v) is 13.2. The number of aromatic nitrogens is 1. The minimum atomic E-state index is -1.08. The van der Waals surface area contributed by atoms with Crippen molar-refractivity contribution in [2.24, 2.45) is 0 Å². The maximum absolute atomic E-state index is 6.05. The first-order valence-corrected chi connectivity index (χ1v) is 12.5. The molecule has 0 unspecified atom stereocenters. The molecule has 132 valence electrons. The van der Waals surface area contributed by atoms with Crippen LogP contribution in [0.1, 0.15) is 0 Å². The molecule has 0 radical (unpaired) electrons. The van der Waals surface area contributed by atoms with Crippen LogP contribution in [0.4, 0.5) is 0 Å². The molecule has 3 rings (SSSR count). The van der Waals surface area contributed by atoms with Gasteiger partial charge in [-0.05, 0) is 29.8 Å². The number of nitrogens with zero attached hydrogens (tertiary/aromatic N) is 1. The van der Waals surface area contributed by atoms with Crippen LogP contribution in [0.15, 0.2) is 54.6 Å². The normalized spacial score (nSPS) is 11.8. The summed E-state index contributed by atoms with van der Waals surface area (Å²) in [5.74, 6) is 0.869. The molecule has 0 saturated carbocycles. The largest absolute Gasteiger partial charge is 0.497 e. The van der Waals surface area contributed by atoms with Crippen LogP contribution in [0.2, 0.25) is 25.7 Å². The van der Waals surface area contributed by atoms with Gasteiger partial charge in [-0.3, -0.25) is 0 Å². The van der Waals surface area contributed by atoms with Gasteiger partial charge in [0, 0.05) is 26.1 Å². The molecular weight excluding hydrogens is 326 g/mol. The van der Waals surface area contributed by atoms with E-state index in [0.29, 0.717) is 6.73 Å². The molecule has 4 heteroatoms. The molecule has 0 fully saturated rings. The lowest BCUT2D eigenvalue weighted by molar-refractivity contribution is 0.0912. The quantitative estimate of drug-likeness (QED) is 0.406. The van der Waals surface area contributed by atoms with E-state index < -0.39 is 8.07 Å². The molecule has 0 aliphatic carbocycles. The van der Waals surface area contributed by atoms with Crippen LogP contribution in [-0.2, 0) is 11.5 Å². The Morgan fingerprint density at radius 1 is 0.960 bits per heavy atom.